The molecule has 1 aliphatic heterocycles. The van der Waals surface area contributed by atoms with Crippen molar-refractivity contribution in [1.29, 1.82) is 0 Å². The lowest BCUT2D eigenvalue weighted by Gasteiger charge is -2.27. The summed E-state index contributed by atoms with van der Waals surface area (Å²) in [5, 5.41) is 0. The van der Waals surface area contributed by atoms with E-state index < -0.39 is 11.9 Å². The molecule has 0 radical (unpaired) electrons. The number of aldehydes is 1. The lowest BCUT2D eigenvalue weighted by atomic mass is 10.1. The van der Waals surface area contributed by atoms with Gasteiger partial charge in [0.1, 0.15) is 12.9 Å². The van der Waals surface area contributed by atoms with Gasteiger partial charge in [-0.15, -0.1) is 0 Å². The second-order valence-corrected chi connectivity index (χ2v) is 4.50. The van der Waals surface area contributed by atoms with Crippen LogP contribution in [0.3, 0.4) is 0 Å². The summed E-state index contributed by atoms with van der Waals surface area (Å²) in [7, 11) is 1.53. The second-order valence-electron chi connectivity index (χ2n) is 4.50. The SMILES string of the molecule is COc1ccc(C2COc3cc(C=O)cc(F)c3O2)cn1. The fourth-order valence-electron chi connectivity index (χ4n) is 2.09. The molecule has 1 aliphatic rings. The third-order valence-electron chi connectivity index (χ3n) is 3.16. The van der Waals surface area contributed by atoms with Gasteiger partial charge in [0.2, 0.25) is 5.88 Å². The molecular weight excluding hydrogens is 277 g/mol. The maximum absolute atomic E-state index is 13.9. The van der Waals surface area contributed by atoms with Crippen molar-refractivity contribution in [1.82, 2.24) is 4.98 Å². The van der Waals surface area contributed by atoms with Gasteiger partial charge in [0, 0.05) is 23.4 Å². The zero-order chi connectivity index (χ0) is 14.8. The van der Waals surface area contributed by atoms with Crippen LogP contribution in [0, 0.1) is 5.82 Å². The van der Waals surface area contributed by atoms with Gasteiger partial charge in [0.05, 0.1) is 7.11 Å². The Morgan fingerprint density at radius 3 is 2.95 bits per heavy atom. The van der Waals surface area contributed by atoms with Crippen molar-refractivity contribution in [3.05, 3.63) is 47.4 Å². The van der Waals surface area contributed by atoms with Crippen LogP contribution in [-0.2, 0) is 0 Å². The van der Waals surface area contributed by atoms with E-state index in [1.165, 1.54) is 13.2 Å². The van der Waals surface area contributed by atoms with Crippen LogP contribution in [0.15, 0.2) is 30.5 Å². The first-order valence-corrected chi connectivity index (χ1v) is 6.29. The van der Waals surface area contributed by atoms with Crippen molar-refractivity contribution in [2.24, 2.45) is 0 Å². The molecule has 108 valence electrons. The van der Waals surface area contributed by atoms with E-state index in [0.29, 0.717) is 12.2 Å². The van der Waals surface area contributed by atoms with Gasteiger partial charge >= 0.3 is 0 Å². The minimum absolute atomic E-state index is 0.00710. The Bertz CT molecular complexity index is 672. The largest absolute Gasteiger partial charge is 0.485 e. The number of hydrogen-bond donors (Lipinski definition) is 0. The summed E-state index contributed by atoms with van der Waals surface area (Å²) in [4.78, 5) is 14.8. The summed E-state index contributed by atoms with van der Waals surface area (Å²) in [6.07, 6.45) is 1.69. The van der Waals surface area contributed by atoms with Crippen LogP contribution in [-0.4, -0.2) is 25.0 Å². The average Bonchev–Trinajstić information content (AvgIpc) is 2.54. The van der Waals surface area contributed by atoms with E-state index in [0.717, 1.165) is 11.6 Å². The molecule has 0 fully saturated rings. The summed E-state index contributed by atoms with van der Waals surface area (Å²) < 4.78 is 30.0. The third-order valence-corrected chi connectivity index (χ3v) is 3.16. The normalized spacial score (nSPS) is 16.4. The third kappa shape index (κ3) is 2.52. The van der Waals surface area contributed by atoms with Crippen molar-refractivity contribution in [2.45, 2.75) is 6.10 Å². The zero-order valence-corrected chi connectivity index (χ0v) is 11.2. The molecule has 1 atom stereocenters. The van der Waals surface area contributed by atoms with Gasteiger partial charge < -0.3 is 14.2 Å². The molecule has 6 heteroatoms. The van der Waals surface area contributed by atoms with Crippen LogP contribution < -0.4 is 14.2 Å². The number of benzene rings is 1. The molecule has 1 unspecified atom stereocenters. The van der Waals surface area contributed by atoms with Gasteiger partial charge in [0.25, 0.3) is 0 Å². The molecule has 1 aromatic carbocycles. The van der Waals surface area contributed by atoms with Crippen molar-refractivity contribution in [2.75, 3.05) is 13.7 Å². The Balaban J connectivity index is 1.88. The number of carbonyl (C=O) groups excluding carboxylic acids is 1. The predicted octanol–water partition coefficient (Wildman–Crippen LogP) is 2.55. The number of carbonyl (C=O) groups is 1. The number of methoxy groups -OCH3 is 1. The van der Waals surface area contributed by atoms with Gasteiger partial charge in [0.15, 0.2) is 23.4 Å². The molecular formula is C15H12FNO4. The molecule has 5 nitrogen and oxygen atoms in total. The average molecular weight is 289 g/mol. The molecule has 0 amide bonds. The standard InChI is InChI=1S/C15H12FNO4/c1-19-14-3-2-10(6-17-14)13-8-20-12-5-9(7-18)4-11(16)15(12)21-13/h2-7,13H,8H2,1H3. The Hall–Kier alpha value is -2.63. The Morgan fingerprint density at radius 2 is 2.29 bits per heavy atom. The summed E-state index contributed by atoms with van der Waals surface area (Å²) in [5.74, 6) is 0.0981. The highest BCUT2D eigenvalue weighted by Gasteiger charge is 2.26. The summed E-state index contributed by atoms with van der Waals surface area (Å²) in [6.45, 7) is 0.211. The summed E-state index contributed by atoms with van der Waals surface area (Å²) >= 11 is 0. The summed E-state index contributed by atoms with van der Waals surface area (Å²) in [5.41, 5.74) is 0.958. The Morgan fingerprint density at radius 1 is 1.43 bits per heavy atom. The lowest BCUT2D eigenvalue weighted by Crippen LogP contribution is -2.22. The molecule has 0 spiro atoms. The van der Waals surface area contributed by atoms with Crippen molar-refractivity contribution in [3.63, 3.8) is 0 Å². The van der Waals surface area contributed by atoms with Crippen molar-refractivity contribution >= 4 is 6.29 Å². The first-order chi connectivity index (χ1) is 10.2. The molecule has 0 saturated heterocycles. The molecule has 0 bridgehead atoms. The highest BCUT2D eigenvalue weighted by Crippen LogP contribution is 2.39. The van der Waals surface area contributed by atoms with Crippen LogP contribution in [0.4, 0.5) is 4.39 Å². The fourth-order valence-corrected chi connectivity index (χ4v) is 2.09. The van der Waals surface area contributed by atoms with E-state index in [9.17, 15) is 9.18 Å². The highest BCUT2D eigenvalue weighted by molar-refractivity contribution is 5.76. The maximum atomic E-state index is 13.9. The smallest absolute Gasteiger partial charge is 0.212 e. The van der Waals surface area contributed by atoms with Crippen LogP contribution in [0.5, 0.6) is 17.4 Å². The quantitative estimate of drug-likeness (QED) is 0.813. The van der Waals surface area contributed by atoms with E-state index in [4.69, 9.17) is 14.2 Å². The van der Waals surface area contributed by atoms with Gasteiger partial charge in [-0.3, -0.25) is 4.79 Å². The van der Waals surface area contributed by atoms with E-state index in [-0.39, 0.29) is 23.7 Å². The number of rotatable bonds is 3. The van der Waals surface area contributed by atoms with Crippen LogP contribution in [0.2, 0.25) is 0 Å². The molecule has 1 aromatic heterocycles. The maximum Gasteiger partial charge on any atom is 0.212 e. The van der Waals surface area contributed by atoms with E-state index in [1.54, 1.807) is 18.3 Å². The molecule has 0 N–H and O–H groups in total. The number of halogens is 1. The molecule has 0 aliphatic carbocycles. The fraction of sp³-hybridized carbons (Fsp3) is 0.200. The molecule has 21 heavy (non-hydrogen) atoms. The number of nitrogens with zero attached hydrogens (tertiary/aromatic N) is 1. The minimum Gasteiger partial charge on any atom is -0.485 e. The van der Waals surface area contributed by atoms with E-state index in [1.807, 2.05) is 0 Å². The van der Waals surface area contributed by atoms with Crippen LogP contribution >= 0.6 is 0 Å². The Labute approximate surface area is 120 Å². The van der Waals surface area contributed by atoms with Crippen LogP contribution in [0.25, 0.3) is 0 Å². The van der Waals surface area contributed by atoms with Gasteiger partial charge in [-0.1, -0.05) is 0 Å². The van der Waals surface area contributed by atoms with Crippen molar-refractivity contribution < 1.29 is 23.4 Å². The number of ether oxygens (including phenoxy) is 3. The number of aromatic nitrogens is 1. The number of fused-ring (bicyclic) bond motifs is 1. The number of hydrogen-bond acceptors (Lipinski definition) is 5. The predicted molar refractivity (Wildman–Crippen MR) is 71.4 cm³/mol. The van der Waals surface area contributed by atoms with Crippen molar-refractivity contribution in [3.8, 4) is 17.4 Å². The second kappa shape index (κ2) is 5.40. The number of pyridine rings is 1. The van der Waals surface area contributed by atoms with E-state index >= 15 is 0 Å². The Kier molecular flexibility index (Phi) is 3.43. The molecule has 0 saturated carbocycles. The van der Waals surface area contributed by atoms with Crippen LogP contribution in [0.1, 0.15) is 22.0 Å². The molecule has 2 aromatic rings. The van der Waals surface area contributed by atoms with Gasteiger partial charge in [-0.2, -0.15) is 0 Å². The first-order valence-electron chi connectivity index (χ1n) is 6.29. The molecule has 3 rings (SSSR count). The lowest BCUT2D eigenvalue weighted by molar-refractivity contribution is 0.0851. The monoisotopic (exact) mass is 289 g/mol. The minimum atomic E-state index is -0.624. The van der Waals surface area contributed by atoms with Gasteiger partial charge in [-0.25, -0.2) is 9.37 Å². The van der Waals surface area contributed by atoms with Gasteiger partial charge in [-0.05, 0) is 18.2 Å². The highest BCUT2D eigenvalue weighted by atomic mass is 19.1. The molecule has 2 heterocycles. The topological polar surface area (TPSA) is 57.7 Å². The van der Waals surface area contributed by atoms with E-state index in [2.05, 4.69) is 4.98 Å². The summed E-state index contributed by atoms with van der Waals surface area (Å²) in [6, 6.07) is 6.04. The first kappa shape index (κ1) is 13.4. The zero-order valence-electron chi connectivity index (χ0n) is 11.2.